The van der Waals surface area contributed by atoms with Crippen molar-refractivity contribution in [3.8, 4) is 11.1 Å². The quantitative estimate of drug-likeness (QED) is 0.791. The summed E-state index contributed by atoms with van der Waals surface area (Å²) in [7, 11) is 0. The minimum Gasteiger partial charge on any atom is -0.545 e. The summed E-state index contributed by atoms with van der Waals surface area (Å²) in [5.41, 5.74) is 2.31. The summed E-state index contributed by atoms with van der Waals surface area (Å²) in [4.78, 5) is 10.9. The number of hydrogen-bond acceptors (Lipinski definition) is 2. The van der Waals surface area contributed by atoms with Gasteiger partial charge in [0.15, 0.2) is 0 Å². The molecule has 0 spiro atoms. The lowest BCUT2D eigenvalue weighted by molar-refractivity contribution is -0.255. The predicted molar refractivity (Wildman–Crippen MR) is 60.9 cm³/mol. The molecule has 0 aliphatic rings. The molecule has 0 saturated heterocycles. The Morgan fingerprint density at radius 2 is 1.65 bits per heavy atom. The third-order valence-electron chi connectivity index (χ3n) is 2.64. The zero-order valence-electron chi connectivity index (χ0n) is 9.24. The van der Waals surface area contributed by atoms with Gasteiger partial charge in [0.25, 0.3) is 0 Å². The van der Waals surface area contributed by atoms with Crippen LogP contribution in [0.3, 0.4) is 0 Å². The van der Waals surface area contributed by atoms with Crippen molar-refractivity contribution in [2.75, 3.05) is 0 Å². The molecule has 0 aromatic heterocycles. The number of aryl methyl sites for hydroxylation is 1. The van der Waals surface area contributed by atoms with Crippen LogP contribution in [0.1, 0.15) is 15.9 Å². The monoisotopic (exact) mass is 229 g/mol. The Kier molecular flexibility index (Phi) is 2.91. The molecular formula is C14H10FO2-. The smallest absolute Gasteiger partial charge is 0.123 e. The molecule has 3 heteroatoms. The van der Waals surface area contributed by atoms with Gasteiger partial charge in [-0.1, -0.05) is 24.3 Å². The van der Waals surface area contributed by atoms with E-state index in [4.69, 9.17) is 0 Å². The molecule has 0 heterocycles. The number of benzene rings is 2. The van der Waals surface area contributed by atoms with E-state index in [9.17, 15) is 14.3 Å². The van der Waals surface area contributed by atoms with E-state index in [1.54, 1.807) is 31.2 Å². The van der Waals surface area contributed by atoms with Gasteiger partial charge in [0, 0.05) is 5.56 Å². The van der Waals surface area contributed by atoms with Crippen molar-refractivity contribution in [3.63, 3.8) is 0 Å². The maximum Gasteiger partial charge on any atom is 0.123 e. The molecule has 0 N–H and O–H groups in total. The van der Waals surface area contributed by atoms with Crippen LogP contribution in [0, 0.1) is 12.7 Å². The Morgan fingerprint density at radius 3 is 2.24 bits per heavy atom. The molecule has 0 bridgehead atoms. The second-order valence-corrected chi connectivity index (χ2v) is 3.82. The van der Waals surface area contributed by atoms with Gasteiger partial charge < -0.3 is 9.90 Å². The van der Waals surface area contributed by atoms with E-state index in [1.807, 2.05) is 0 Å². The minimum atomic E-state index is -1.20. The molecule has 0 atom stereocenters. The molecule has 0 fully saturated rings. The summed E-state index contributed by atoms with van der Waals surface area (Å²) in [6.07, 6.45) is 0. The number of carbonyl (C=O) groups is 1. The third kappa shape index (κ3) is 2.33. The Balaban J connectivity index is 2.50. The SMILES string of the molecule is Cc1ccc(-c2ccc(F)cc2)cc1C(=O)[O-]. The first-order valence-electron chi connectivity index (χ1n) is 5.16. The maximum atomic E-state index is 12.8. The first-order valence-corrected chi connectivity index (χ1v) is 5.16. The fourth-order valence-electron chi connectivity index (χ4n) is 1.66. The lowest BCUT2D eigenvalue weighted by Gasteiger charge is -2.09. The van der Waals surface area contributed by atoms with E-state index in [0.717, 1.165) is 11.1 Å². The molecule has 2 rings (SSSR count). The van der Waals surface area contributed by atoms with Crippen LogP contribution in [0.15, 0.2) is 42.5 Å². The van der Waals surface area contributed by atoms with Gasteiger partial charge in [-0.25, -0.2) is 4.39 Å². The summed E-state index contributed by atoms with van der Waals surface area (Å²) in [5, 5.41) is 10.9. The van der Waals surface area contributed by atoms with Crippen LogP contribution >= 0.6 is 0 Å². The molecule has 0 aliphatic heterocycles. The van der Waals surface area contributed by atoms with Crippen molar-refractivity contribution >= 4 is 5.97 Å². The van der Waals surface area contributed by atoms with Gasteiger partial charge in [-0.05, 0) is 41.8 Å². The van der Waals surface area contributed by atoms with Crippen molar-refractivity contribution in [3.05, 3.63) is 59.4 Å². The summed E-state index contributed by atoms with van der Waals surface area (Å²) >= 11 is 0. The summed E-state index contributed by atoms with van der Waals surface area (Å²) in [6, 6.07) is 11.0. The van der Waals surface area contributed by atoms with Gasteiger partial charge in [0.2, 0.25) is 0 Å². The van der Waals surface area contributed by atoms with E-state index in [2.05, 4.69) is 0 Å². The fraction of sp³-hybridized carbons (Fsp3) is 0.0714. The van der Waals surface area contributed by atoms with Crippen LogP contribution in [0.4, 0.5) is 4.39 Å². The number of rotatable bonds is 2. The van der Waals surface area contributed by atoms with E-state index in [1.165, 1.54) is 18.2 Å². The lowest BCUT2D eigenvalue weighted by Crippen LogP contribution is -2.23. The van der Waals surface area contributed by atoms with Gasteiger partial charge in [-0.15, -0.1) is 0 Å². The van der Waals surface area contributed by atoms with E-state index in [0.29, 0.717) is 5.56 Å². The predicted octanol–water partition coefficient (Wildman–Crippen LogP) is 2.16. The molecule has 0 unspecified atom stereocenters. The summed E-state index contributed by atoms with van der Waals surface area (Å²) in [6.45, 7) is 1.71. The van der Waals surface area contributed by atoms with Crippen molar-refractivity contribution in [2.24, 2.45) is 0 Å². The fourth-order valence-corrected chi connectivity index (χ4v) is 1.66. The highest BCUT2D eigenvalue weighted by molar-refractivity contribution is 5.89. The molecule has 86 valence electrons. The van der Waals surface area contributed by atoms with Crippen LogP contribution in [-0.4, -0.2) is 5.97 Å². The second-order valence-electron chi connectivity index (χ2n) is 3.82. The average Bonchev–Trinajstić information content (AvgIpc) is 2.30. The molecule has 0 amide bonds. The molecule has 0 radical (unpaired) electrons. The Bertz CT molecular complexity index is 559. The zero-order valence-corrected chi connectivity index (χ0v) is 9.24. The van der Waals surface area contributed by atoms with Gasteiger partial charge in [0.1, 0.15) is 5.82 Å². The second kappa shape index (κ2) is 4.37. The first kappa shape index (κ1) is 11.3. The number of carboxylic acids is 1. The molecule has 2 aromatic rings. The highest BCUT2D eigenvalue weighted by Gasteiger charge is 2.03. The molecule has 0 saturated carbocycles. The van der Waals surface area contributed by atoms with Crippen LogP contribution in [0.25, 0.3) is 11.1 Å². The molecule has 17 heavy (non-hydrogen) atoms. The molecule has 2 aromatic carbocycles. The van der Waals surface area contributed by atoms with Crippen molar-refractivity contribution < 1.29 is 14.3 Å². The van der Waals surface area contributed by atoms with Crippen LogP contribution in [0.2, 0.25) is 0 Å². The number of carbonyl (C=O) groups excluding carboxylic acids is 1. The maximum absolute atomic E-state index is 12.8. The Labute approximate surface area is 98.3 Å². The standard InChI is InChI=1S/C14H11FO2/c1-9-2-3-11(8-13(9)14(16)17)10-4-6-12(15)7-5-10/h2-8H,1H3,(H,16,17)/p-1. The highest BCUT2D eigenvalue weighted by atomic mass is 19.1. The largest absolute Gasteiger partial charge is 0.545 e. The zero-order chi connectivity index (χ0) is 12.4. The van der Waals surface area contributed by atoms with Gasteiger partial charge in [-0.2, -0.15) is 0 Å². The summed E-state index contributed by atoms with van der Waals surface area (Å²) in [5.74, 6) is -1.52. The third-order valence-corrected chi connectivity index (χ3v) is 2.64. The van der Waals surface area contributed by atoms with E-state index < -0.39 is 5.97 Å². The molecular weight excluding hydrogens is 219 g/mol. The van der Waals surface area contributed by atoms with Crippen molar-refractivity contribution in [2.45, 2.75) is 6.92 Å². The van der Waals surface area contributed by atoms with E-state index in [-0.39, 0.29) is 11.4 Å². The van der Waals surface area contributed by atoms with E-state index >= 15 is 0 Å². The lowest BCUT2D eigenvalue weighted by atomic mass is 10.00. The average molecular weight is 229 g/mol. The topological polar surface area (TPSA) is 40.1 Å². The van der Waals surface area contributed by atoms with Crippen molar-refractivity contribution in [1.29, 1.82) is 0 Å². The van der Waals surface area contributed by atoms with Crippen LogP contribution in [-0.2, 0) is 0 Å². The Hall–Kier alpha value is -2.16. The van der Waals surface area contributed by atoms with Crippen LogP contribution < -0.4 is 5.11 Å². The first-order chi connectivity index (χ1) is 8.08. The number of halogens is 1. The van der Waals surface area contributed by atoms with Crippen molar-refractivity contribution in [1.82, 2.24) is 0 Å². The molecule has 0 aliphatic carbocycles. The van der Waals surface area contributed by atoms with Crippen LogP contribution in [0.5, 0.6) is 0 Å². The minimum absolute atomic E-state index is 0.159. The number of aromatic carboxylic acids is 1. The Morgan fingerprint density at radius 1 is 1.06 bits per heavy atom. The normalized spacial score (nSPS) is 10.2. The number of carboxylic acid groups (broad SMARTS) is 1. The highest BCUT2D eigenvalue weighted by Crippen LogP contribution is 2.22. The van der Waals surface area contributed by atoms with Gasteiger partial charge in [-0.3, -0.25) is 0 Å². The van der Waals surface area contributed by atoms with Gasteiger partial charge >= 0.3 is 0 Å². The number of hydrogen-bond donors (Lipinski definition) is 0. The summed E-state index contributed by atoms with van der Waals surface area (Å²) < 4.78 is 12.8. The molecule has 2 nitrogen and oxygen atoms in total. The van der Waals surface area contributed by atoms with Gasteiger partial charge in [0.05, 0.1) is 5.97 Å².